The fourth-order valence-electron chi connectivity index (χ4n) is 2.84. The van der Waals surface area contributed by atoms with E-state index in [0.29, 0.717) is 23.5 Å². The Morgan fingerprint density at radius 3 is 2.48 bits per heavy atom. The third-order valence-electron chi connectivity index (χ3n) is 4.09. The molecule has 1 amide bonds. The summed E-state index contributed by atoms with van der Waals surface area (Å²) in [5, 5.41) is 22.9. The number of nitrogens with zero attached hydrogens (tertiary/aromatic N) is 1. The summed E-state index contributed by atoms with van der Waals surface area (Å²) >= 11 is 0. The Morgan fingerprint density at radius 1 is 1.15 bits per heavy atom. The molecular weight excluding hydrogens is 346 g/mol. The van der Waals surface area contributed by atoms with Crippen molar-refractivity contribution in [2.24, 2.45) is 5.92 Å². The van der Waals surface area contributed by atoms with Gasteiger partial charge in [0, 0.05) is 23.6 Å². The van der Waals surface area contributed by atoms with E-state index < -0.39 is 5.91 Å². The lowest BCUT2D eigenvalue weighted by Gasteiger charge is -2.08. The largest absolute Gasteiger partial charge is 0.505 e. The number of hydrogen-bond acceptors (Lipinski definition) is 4. The van der Waals surface area contributed by atoms with E-state index >= 15 is 0 Å². The molecule has 3 aromatic rings. The highest BCUT2D eigenvalue weighted by Crippen LogP contribution is 2.32. The summed E-state index contributed by atoms with van der Waals surface area (Å²) in [5.74, 6) is -0.987. The second-order valence-corrected chi connectivity index (χ2v) is 6.68. The van der Waals surface area contributed by atoms with Crippen LogP contribution in [-0.4, -0.2) is 25.7 Å². The van der Waals surface area contributed by atoms with E-state index in [1.807, 2.05) is 13.8 Å². The SMILES string of the molecule is CC(C)Cc1[nH]c(O)c(C(=O)Nc2ccc(-n3ccccc3=O)cc2)c1O. The van der Waals surface area contributed by atoms with Crippen molar-refractivity contribution in [3.8, 4) is 17.3 Å². The van der Waals surface area contributed by atoms with Gasteiger partial charge in [0.15, 0.2) is 5.75 Å². The molecule has 0 spiro atoms. The zero-order valence-electron chi connectivity index (χ0n) is 15.1. The Hall–Kier alpha value is -3.48. The number of hydrogen-bond donors (Lipinski definition) is 4. The van der Waals surface area contributed by atoms with Crippen LogP contribution in [0.2, 0.25) is 0 Å². The van der Waals surface area contributed by atoms with Gasteiger partial charge in [0.25, 0.3) is 11.5 Å². The Kier molecular flexibility index (Phi) is 5.03. The Bertz CT molecular complexity index is 1020. The fraction of sp³-hybridized carbons (Fsp3) is 0.200. The maximum atomic E-state index is 12.5. The Balaban J connectivity index is 1.80. The van der Waals surface area contributed by atoms with E-state index in [9.17, 15) is 19.8 Å². The van der Waals surface area contributed by atoms with Crippen molar-refractivity contribution in [2.45, 2.75) is 20.3 Å². The number of amides is 1. The number of rotatable bonds is 5. The molecule has 140 valence electrons. The number of pyridine rings is 1. The molecule has 0 saturated heterocycles. The number of nitrogens with one attached hydrogen (secondary N) is 2. The molecule has 0 aliphatic carbocycles. The van der Waals surface area contributed by atoms with Gasteiger partial charge in [0.05, 0.1) is 5.69 Å². The molecule has 4 N–H and O–H groups in total. The van der Waals surface area contributed by atoms with Gasteiger partial charge in [-0.3, -0.25) is 14.2 Å². The highest BCUT2D eigenvalue weighted by atomic mass is 16.3. The highest BCUT2D eigenvalue weighted by Gasteiger charge is 2.23. The predicted octanol–water partition coefficient (Wildman–Crippen LogP) is 3.03. The molecule has 3 rings (SSSR count). The molecule has 7 heteroatoms. The van der Waals surface area contributed by atoms with E-state index in [1.54, 1.807) is 42.6 Å². The second-order valence-electron chi connectivity index (χ2n) is 6.68. The molecule has 0 aliphatic rings. The first-order valence-electron chi connectivity index (χ1n) is 8.59. The lowest BCUT2D eigenvalue weighted by Crippen LogP contribution is -2.15. The van der Waals surface area contributed by atoms with Gasteiger partial charge in [-0.1, -0.05) is 19.9 Å². The number of carbonyl (C=O) groups is 1. The van der Waals surface area contributed by atoms with E-state index in [2.05, 4.69) is 10.3 Å². The van der Waals surface area contributed by atoms with Gasteiger partial charge in [-0.25, -0.2) is 0 Å². The van der Waals surface area contributed by atoms with Crippen molar-refractivity contribution < 1.29 is 15.0 Å². The molecule has 0 radical (unpaired) electrons. The van der Waals surface area contributed by atoms with Gasteiger partial charge >= 0.3 is 0 Å². The summed E-state index contributed by atoms with van der Waals surface area (Å²) < 4.78 is 1.48. The van der Waals surface area contributed by atoms with Gasteiger partial charge in [-0.15, -0.1) is 0 Å². The van der Waals surface area contributed by atoms with Gasteiger partial charge < -0.3 is 20.5 Å². The normalized spacial score (nSPS) is 10.9. The molecule has 7 nitrogen and oxygen atoms in total. The maximum absolute atomic E-state index is 12.5. The summed E-state index contributed by atoms with van der Waals surface area (Å²) in [7, 11) is 0. The molecule has 1 aromatic carbocycles. The predicted molar refractivity (Wildman–Crippen MR) is 103 cm³/mol. The van der Waals surface area contributed by atoms with Crippen LogP contribution in [0.25, 0.3) is 5.69 Å². The molecule has 0 saturated carbocycles. The van der Waals surface area contributed by atoms with Crippen LogP contribution < -0.4 is 10.9 Å². The van der Waals surface area contributed by atoms with Crippen molar-refractivity contribution in [2.75, 3.05) is 5.32 Å². The quantitative estimate of drug-likeness (QED) is 0.556. The maximum Gasteiger partial charge on any atom is 0.264 e. The number of aromatic amines is 1. The van der Waals surface area contributed by atoms with E-state index in [4.69, 9.17) is 0 Å². The van der Waals surface area contributed by atoms with Crippen LogP contribution in [0.3, 0.4) is 0 Å². The van der Waals surface area contributed by atoms with Crippen LogP contribution >= 0.6 is 0 Å². The third kappa shape index (κ3) is 3.87. The fourth-order valence-corrected chi connectivity index (χ4v) is 2.84. The monoisotopic (exact) mass is 367 g/mol. The molecule has 0 unspecified atom stereocenters. The molecule has 2 aromatic heterocycles. The molecule has 27 heavy (non-hydrogen) atoms. The minimum Gasteiger partial charge on any atom is -0.505 e. The second kappa shape index (κ2) is 7.41. The Morgan fingerprint density at radius 2 is 1.85 bits per heavy atom. The standard InChI is InChI=1S/C20H21N3O4/c1-12(2)11-15-18(25)17(20(27)22-15)19(26)21-13-6-8-14(9-7-13)23-10-4-3-5-16(23)24/h3-10,12,22,25,27H,11H2,1-2H3,(H,21,26). The number of benzene rings is 1. The lowest BCUT2D eigenvalue weighted by molar-refractivity contribution is 0.102. The smallest absolute Gasteiger partial charge is 0.264 e. The zero-order chi connectivity index (χ0) is 19.6. The first kappa shape index (κ1) is 18.3. The first-order chi connectivity index (χ1) is 12.9. The van der Waals surface area contributed by atoms with Gasteiger partial charge in [0.1, 0.15) is 5.56 Å². The summed E-state index contributed by atoms with van der Waals surface area (Å²) in [4.78, 5) is 27.0. The van der Waals surface area contributed by atoms with Crippen molar-refractivity contribution >= 4 is 11.6 Å². The molecule has 2 heterocycles. The molecular formula is C20H21N3O4. The van der Waals surface area contributed by atoms with Crippen molar-refractivity contribution in [3.63, 3.8) is 0 Å². The van der Waals surface area contributed by atoms with Gasteiger partial charge in [-0.2, -0.15) is 0 Å². The number of H-pyrrole nitrogens is 1. The van der Waals surface area contributed by atoms with E-state index in [0.717, 1.165) is 0 Å². The third-order valence-corrected chi connectivity index (χ3v) is 4.09. The number of aromatic nitrogens is 2. The number of aromatic hydroxyl groups is 2. The van der Waals surface area contributed by atoms with Crippen molar-refractivity contribution in [3.05, 3.63) is 70.3 Å². The average Bonchev–Trinajstić information content (AvgIpc) is 2.89. The minimum atomic E-state index is -0.624. The summed E-state index contributed by atoms with van der Waals surface area (Å²) in [5.41, 5.74) is 1.21. The lowest BCUT2D eigenvalue weighted by atomic mass is 10.1. The molecule has 0 bridgehead atoms. The molecule has 0 fully saturated rings. The van der Waals surface area contributed by atoms with Crippen molar-refractivity contribution in [1.82, 2.24) is 9.55 Å². The van der Waals surface area contributed by atoms with Crippen LogP contribution in [0.5, 0.6) is 11.6 Å². The topological polar surface area (TPSA) is 107 Å². The van der Waals surface area contributed by atoms with Gasteiger partial charge in [-0.05, 0) is 42.7 Å². The molecule has 0 aliphatic heterocycles. The minimum absolute atomic E-state index is 0.158. The van der Waals surface area contributed by atoms with Gasteiger partial charge in [0.2, 0.25) is 5.88 Å². The Labute approximate surface area is 155 Å². The van der Waals surface area contributed by atoms with Crippen LogP contribution in [0.1, 0.15) is 29.9 Å². The van der Waals surface area contributed by atoms with Crippen LogP contribution in [0.15, 0.2) is 53.5 Å². The highest BCUT2D eigenvalue weighted by molar-refractivity contribution is 6.08. The van der Waals surface area contributed by atoms with Crippen LogP contribution in [0.4, 0.5) is 5.69 Å². The van der Waals surface area contributed by atoms with E-state index in [1.165, 1.54) is 10.6 Å². The summed E-state index contributed by atoms with van der Waals surface area (Å²) in [6, 6.07) is 11.5. The number of anilines is 1. The van der Waals surface area contributed by atoms with Crippen LogP contribution in [-0.2, 0) is 6.42 Å². The summed E-state index contributed by atoms with van der Waals surface area (Å²) in [6.07, 6.45) is 2.16. The van der Waals surface area contributed by atoms with Crippen molar-refractivity contribution in [1.29, 1.82) is 0 Å². The van der Waals surface area contributed by atoms with Crippen LogP contribution in [0, 0.1) is 5.92 Å². The number of carbonyl (C=O) groups excluding carboxylic acids is 1. The van der Waals surface area contributed by atoms with E-state index in [-0.39, 0.29) is 28.7 Å². The molecule has 0 atom stereocenters. The summed E-state index contributed by atoms with van der Waals surface area (Å²) in [6.45, 7) is 3.94. The zero-order valence-corrected chi connectivity index (χ0v) is 15.1. The first-order valence-corrected chi connectivity index (χ1v) is 8.59. The average molecular weight is 367 g/mol.